The summed E-state index contributed by atoms with van der Waals surface area (Å²) in [5.74, 6) is -1.06. The summed E-state index contributed by atoms with van der Waals surface area (Å²) in [7, 11) is 4.14. The van der Waals surface area contributed by atoms with E-state index in [1.807, 2.05) is 22.6 Å². The van der Waals surface area contributed by atoms with Crippen LogP contribution in [0, 0.1) is 9.39 Å². The van der Waals surface area contributed by atoms with Gasteiger partial charge in [0.05, 0.1) is 13.2 Å². The minimum absolute atomic E-state index is 0.0344. The minimum Gasteiger partial charge on any atom is -0.394 e. The van der Waals surface area contributed by atoms with E-state index in [0.29, 0.717) is 5.56 Å². The fourth-order valence-corrected chi connectivity index (χ4v) is 2.74. The number of nitrogens with one attached hydrogen (secondary N) is 1. The molecule has 10 heteroatoms. The van der Waals surface area contributed by atoms with Crippen molar-refractivity contribution in [2.75, 3.05) is 20.3 Å². The highest BCUT2D eigenvalue weighted by Gasteiger charge is 2.22. The Kier molecular flexibility index (Phi) is 8.79. The van der Waals surface area contributed by atoms with Crippen molar-refractivity contribution in [2.45, 2.75) is 6.42 Å². The van der Waals surface area contributed by atoms with Crippen LogP contribution in [0.3, 0.4) is 0 Å². The van der Waals surface area contributed by atoms with Gasteiger partial charge in [0.1, 0.15) is 11.4 Å². The van der Waals surface area contributed by atoms with E-state index >= 15 is 0 Å². The maximum atomic E-state index is 14.1. The maximum Gasteiger partial charge on any atom is 0.330 e. The molecule has 0 saturated heterocycles. The number of aromatic nitrogens is 2. The first kappa shape index (κ1) is 23.0. The summed E-state index contributed by atoms with van der Waals surface area (Å²) in [6.07, 6.45) is -0.0344. The van der Waals surface area contributed by atoms with Gasteiger partial charge in [0.2, 0.25) is 0 Å². The Morgan fingerprint density at radius 2 is 1.78 bits per heavy atom. The Labute approximate surface area is 168 Å². The summed E-state index contributed by atoms with van der Waals surface area (Å²) in [6, 6.07) is 4.65. The molecule has 0 spiro atoms. The number of aliphatic hydroxyl groups excluding tert-OH is 2. The summed E-state index contributed by atoms with van der Waals surface area (Å²) in [5.41, 5.74) is -0.941. The summed E-state index contributed by atoms with van der Waals surface area (Å²) < 4.78 is 16.9. The van der Waals surface area contributed by atoms with Crippen LogP contribution in [-0.4, -0.2) is 45.5 Å². The molecule has 2 rings (SSSR count). The standard InChI is InChI=1S/C15H15FIN3O3.C2H6O2/c1-18-13(21)12-11(19(2)15(23)20(3)14(12)22)6-8-4-5-9(17)7-10(8)16;3-1-2-4/h4-5,7H,6H2,1-3H3,(H,18,21);3-4H,1-2H2. The van der Waals surface area contributed by atoms with Crippen molar-refractivity contribution in [3.05, 3.63) is 65.2 Å². The van der Waals surface area contributed by atoms with E-state index in [1.54, 1.807) is 12.1 Å². The fraction of sp³-hybridized carbons (Fsp3) is 0.353. The predicted molar refractivity (Wildman–Crippen MR) is 106 cm³/mol. The Hall–Kier alpha value is -2.05. The van der Waals surface area contributed by atoms with Gasteiger partial charge in [-0.3, -0.25) is 18.7 Å². The van der Waals surface area contributed by atoms with Gasteiger partial charge >= 0.3 is 5.69 Å². The molecule has 8 nitrogen and oxygen atoms in total. The lowest BCUT2D eigenvalue weighted by Gasteiger charge is -2.15. The first-order valence-corrected chi connectivity index (χ1v) is 8.94. The third-order valence-electron chi connectivity index (χ3n) is 3.71. The van der Waals surface area contributed by atoms with Gasteiger partial charge in [-0.1, -0.05) is 6.07 Å². The first-order valence-electron chi connectivity index (χ1n) is 7.86. The monoisotopic (exact) mass is 493 g/mol. The molecule has 0 radical (unpaired) electrons. The highest BCUT2D eigenvalue weighted by atomic mass is 127. The molecule has 0 fully saturated rings. The zero-order chi connectivity index (χ0) is 20.7. The summed E-state index contributed by atoms with van der Waals surface area (Å²) in [6.45, 7) is -0.250. The van der Waals surface area contributed by atoms with Crippen molar-refractivity contribution in [3.8, 4) is 0 Å². The number of hydrogen-bond acceptors (Lipinski definition) is 5. The molecule has 1 heterocycles. The molecule has 0 atom stereocenters. The zero-order valence-electron chi connectivity index (χ0n) is 15.1. The summed E-state index contributed by atoms with van der Waals surface area (Å²) in [5, 5.41) is 17.6. The molecule has 0 aliphatic rings. The third-order valence-corrected chi connectivity index (χ3v) is 4.38. The molecule has 0 saturated carbocycles. The molecule has 0 unspecified atom stereocenters. The van der Waals surface area contributed by atoms with Gasteiger partial charge in [0.25, 0.3) is 11.5 Å². The second-order valence-corrected chi connectivity index (χ2v) is 6.71. The van der Waals surface area contributed by atoms with E-state index in [1.165, 1.54) is 31.8 Å². The SMILES string of the molecule is CNC(=O)c1c(Cc2ccc(I)cc2F)n(C)c(=O)n(C)c1=O.OCCO. The van der Waals surface area contributed by atoms with Crippen molar-refractivity contribution in [1.29, 1.82) is 0 Å². The van der Waals surface area contributed by atoms with Crippen molar-refractivity contribution >= 4 is 28.5 Å². The largest absolute Gasteiger partial charge is 0.394 e. The molecule has 3 N–H and O–H groups in total. The molecule has 0 bridgehead atoms. The van der Waals surface area contributed by atoms with Gasteiger partial charge in [-0.05, 0) is 40.3 Å². The van der Waals surface area contributed by atoms with Crippen LogP contribution < -0.4 is 16.6 Å². The zero-order valence-corrected chi connectivity index (χ0v) is 17.3. The van der Waals surface area contributed by atoms with Crippen molar-refractivity contribution in [3.63, 3.8) is 0 Å². The van der Waals surface area contributed by atoms with E-state index in [2.05, 4.69) is 5.32 Å². The van der Waals surface area contributed by atoms with Gasteiger partial charge in [-0.2, -0.15) is 0 Å². The van der Waals surface area contributed by atoms with Crippen molar-refractivity contribution < 1.29 is 19.4 Å². The van der Waals surface area contributed by atoms with Crippen molar-refractivity contribution in [2.24, 2.45) is 14.1 Å². The summed E-state index contributed by atoms with van der Waals surface area (Å²) in [4.78, 5) is 36.5. The van der Waals surface area contributed by atoms with E-state index in [-0.39, 0.29) is 30.9 Å². The molecular formula is C17H21FIN3O5. The topological polar surface area (TPSA) is 114 Å². The molecule has 27 heavy (non-hydrogen) atoms. The number of halogens is 2. The van der Waals surface area contributed by atoms with E-state index in [9.17, 15) is 18.8 Å². The molecule has 0 aliphatic heterocycles. The van der Waals surface area contributed by atoms with Crippen LogP contribution in [0.15, 0.2) is 27.8 Å². The number of benzene rings is 1. The first-order chi connectivity index (χ1) is 12.7. The second-order valence-electron chi connectivity index (χ2n) is 5.47. The molecule has 2 aromatic rings. The van der Waals surface area contributed by atoms with E-state index in [4.69, 9.17) is 10.2 Å². The lowest BCUT2D eigenvalue weighted by Crippen LogP contribution is -2.44. The normalized spacial score (nSPS) is 10.2. The third kappa shape index (κ3) is 5.47. The fourth-order valence-electron chi connectivity index (χ4n) is 2.29. The van der Waals surface area contributed by atoms with Crippen molar-refractivity contribution in [1.82, 2.24) is 14.5 Å². The van der Waals surface area contributed by atoms with Crippen LogP contribution in [0.5, 0.6) is 0 Å². The van der Waals surface area contributed by atoms with Crippen LogP contribution in [-0.2, 0) is 20.5 Å². The molecule has 1 amide bonds. The molecule has 148 valence electrons. The molecule has 1 aromatic heterocycles. The van der Waals surface area contributed by atoms with Crippen LogP contribution in [0.4, 0.5) is 4.39 Å². The van der Waals surface area contributed by atoms with Crippen LogP contribution in [0.1, 0.15) is 21.6 Å². The average molecular weight is 493 g/mol. The highest BCUT2D eigenvalue weighted by molar-refractivity contribution is 14.1. The van der Waals surface area contributed by atoms with Gasteiger partial charge in [-0.15, -0.1) is 0 Å². The number of nitrogens with zero attached hydrogens (tertiary/aromatic N) is 2. The predicted octanol–water partition coefficient (Wildman–Crippen LogP) is -0.251. The maximum absolute atomic E-state index is 14.1. The number of aliphatic hydroxyl groups is 2. The Bertz CT molecular complexity index is 937. The van der Waals surface area contributed by atoms with Gasteiger partial charge in [0, 0.05) is 36.8 Å². The van der Waals surface area contributed by atoms with Crippen LogP contribution >= 0.6 is 22.6 Å². The molecule has 0 aliphatic carbocycles. The summed E-state index contributed by atoms with van der Waals surface area (Å²) >= 11 is 1.99. The Morgan fingerprint density at radius 3 is 2.26 bits per heavy atom. The van der Waals surface area contributed by atoms with Gasteiger partial charge in [0.15, 0.2) is 0 Å². The quantitative estimate of drug-likeness (QED) is 0.509. The Morgan fingerprint density at radius 1 is 1.19 bits per heavy atom. The lowest BCUT2D eigenvalue weighted by atomic mass is 10.0. The molecular weight excluding hydrogens is 472 g/mol. The van der Waals surface area contributed by atoms with Gasteiger partial charge < -0.3 is 15.5 Å². The van der Waals surface area contributed by atoms with Crippen LogP contribution in [0.25, 0.3) is 0 Å². The Balaban J connectivity index is 0.000000828. The van der Waals surface area contributed by atoms with E-state index < -0.39 is 23.0 Å². The number of rotatable bonds is 4. The van der Waals surface area contributed by atoms with Crippen LogP contribution in [0.2, 0.25) is 0 Å². The minimum atomic E-state index is -0.701. The molecule has 1 aromatic carbocycles. The highest BCUT2D eigenvalue weighted by Crippen LogP contribution is 2.16. The smallest absolute Gasteiger partial charge is 0.330 e. The number of carbonyl (C=O) groups excluding carboxylic acids is 1. The van der Waals surface area contributed by atoms with E-state index in [0.717, 1.165) is 8.14 Å². The average Bonchev–Trinajstić information content (AvgIpc) is 2.66. The second kappa shape index (κ2) is 10.3. The van der Waals surface area contributed by atoms with Gasteiger partial charge in [-0.25, -0.2) is 9.18 Å². The number of carbonyl (C=O) groups is 1. The number of hydrogen-bond donors (Lipinski definition) is 3. The lowest BCUT2D eigenvalue weighted by molar-refractivity contribution is 0.0958. The number of amides is 1.